The van der Waals surface area contributed by atoms with Crippen LogP contribution in [0.5, 0.6) is 0 Å². The zero-order valence-corrected chi connectivity index (χ0v) is 12.8. The van der Waals surface area contributed by atoms with Crippen molar-refractivity contribution in [1.29, 1.82) is 0 Å². The predicted octanol–water partition coefficient (Wildman–Crippen LogP) is 2.27. The van der Waals surface area contributed by atoms with Crippen molar-refractivity contribution in [3.63, 3.8) is 0 Å². The lowest BCUT2D eigenvalue weighted by Gasteiger charge is -2.20. The summed E-state index contributed by atoms with van der Waals surface area (Å²) >= 11 is 0. The third-order valence-corrected chi connectivity index (χ3v) is 3.23. The van der Waals surface area contributed by atoms with Gasteiger partial charge in [0.1, 0.15) is 6.04 Å². The molecule has 0 bridgehead atoms. The molecule has 0 aliphatic heterocycles. The van der Waals surface area contributed by atoms with Gasteiger partial charge in [0, 0.05) is 18.3 Å². The van der Waals surface area contributed by atoms with Crippen molar-refractivity contribution in [2.24, 2.45) is 5.92 Å². The van der Waals surface area contributed by atoms with Gasteiger partial charge < -0.3 is 21.1 Å². The Hall–Kier alpha value is -2.57. The number of carbonyl (C=O) groups is 3. The number of carboxylic acid groups (broad SMARTS) is 1. The highest BCUT2D eigenvalue weighted by molar-refractivity contribution is 5.93. The van der Waals surface area contributed by atoms with Crippen molar-refractivity contribution < 1.29 is 19.5 Å². The second kappa shape index (κ2) is 8.02. The first kappa shape index (κ1) is 17.5. The number of rotatable bonds is 6. The van der Waals surface area contributed by atoms with Crippen LogP contribution in [0.25, 0.3) is 0 Å². The molecule has 0 aromatic heterocycles. The molecule has 1 aromatic rings. The highest BCUT2D eigenvalue weighted by Gasteiger charge is 2.25. The van der Waals surface area contributed by atoms with Gasteiger partial charge in [0.05, 0.1) is 0 Å². The van der Waals surface area contributed by atoms with Crippen LogP contribution in [0.15, 0.2) is 24.3 Å². The Labute approximate surface area is 129 Å². The number of carboxylic acids is 1. The molecule has 0 saturated carbocycles. The lowest BCUT2D eigenvalue weighted by atomic mass is 9.99. The van der Waals surface area contributed by atoms with E-state index in [0.29, 0.717) is 17.8 Å². The summed E-state index contributed by atoms with van der Waals surface area (Å²) in [5.74, 6) is -1.42. The fourth-order valence-electron chi connectivity index (χ4n) is 1.83. The first-order valence-corrected chi connectivity index (χ1v) is 7.01. The van der Waals surface area contributed by atoms with Gasteiger partial charge in [-0.15, -0.1) is 0 Å². The van der Waals surface area contributed by atoms with Crippen molar-refractivity contribution in [3.05, 3.63) is 24.3 Å². The first-order chi connectivity index (χ1) is 10.3. The molecule has 7 nitrogen and oxygen atoms in total. The Morgan fingerprint density at radius 3 is 2.00 bits per heavy atom. The Morgan fingerprint density at radius 1 is 1.09 bits per heavy atom. The van der Waals surface area contributed by atoms with Crippen LogP contribution in [0.4, 0.5) is 16.2 Å². The van der Waals surface area contributed by atoms with E-state index in [1.807, 2.05) is 6.92 Å². The van der Waals surface area contributed by atoms with Crippen molar-refractivity contribution in [1.82, 2.24) is 5.32 Å². The number of hydrogen-bond donors (Lipinski definition) is 4. The van der Waals surface area contributed by atoms with E-state index in [9.17, 15) is 14.4 Å². The Balaban J connectivity index is 2.64. The fourth-order valence-corrected chi connectivity index (χ4v) is 1.83. The van der Waals surface area contributed by atoms with Crippen molar-refractivity contribution in [2.45, 2.75) is 33.2 Å². The van der Waals surface area contributed by atoms with Gasteiger partial charge in [-0.05, 0) is 30.2 Å². The zero-order chi connectivity index (χ0) is 16.7. The summed E-state index contributed by atoms with van der Waals surface area (Å²) in [7, 11) is 0. The number of carbonyl (C=O) groups excluding carboxylic acids is 2. The Kier molecular flexibility index (Phi) is 6.37. The van der Waals surface area contributed by atoms with Crippen molar-refractivity contribution in [2.75, 3.05) is 10.6 Å². The van der Waals surface area contributed by atoms with Crippen molar-refractivity contribution in [3.8, 4) is 0 Å². The molecule has 0 fully saturated rings. The average Bonchev–Trinajstić information content (AvgIpc) is 2.45. The van der Waals surface area contributed by atoms with Gasteiger partial charge in [-0.3, -0.25) is 4.79 Å². The fraction of sp³-hybridized carbons (Fsp3) is 0.400. The van der Waals surface area contributed by atoms with E-state index in [1.54, 1.807) is 31.2 Å². The van der Waals surface area contributed by atoms with Gasteiger partial charge in [0.2, 0.25) is 5.91 Å². The molecule has 0 spiro atoms. The lowest BCUT2D eigenvalue weighted by molar-refractivity contribution is -0.140. The molecule has 120 valence electrons. The van der Waals surface area contributed by atoms with Gasteiger partial charge in [0.15, 0.2) is 0 Å². The molecule has 1 rings (SSSR count). The molecule has 2 atom stereocenters. The second-order valence-corrected chi connectivity index (χ2v) is 5.06. The molecule has 2 unspecified atom stereocenters. The molecule has 3 amide bonds. The normalized spacial score (nSPS) is 12.9. The highest BCUT2D eigenvalue weighted by atomic mass is 16.4. The maximum absolute atomic E-state index is 11.9. The quantitative estimate of drug-likeness (QED) is 0.646. The van der Waals surface area contributed by atoms with E-state index in [0.717, 1.165) is 0 Å². The van der Waals surface area contributed by atoms with E-state index in [2.05, 4.69) is 16.0 Å². The largest absolute Gasteiger partial charge is 0.480 e. The molecule has 0 saturated heterocycles. The first-order valence-electron chi connectivity index (χ1n) is 7.01. The Morgan fingerprint density at radius 2 is 1.59 bits per heavy atom. The number of nitrogens with one attached hydrogen (secondary N) is 3. The third-order valence-electron chi connectivity index (χ3n) is 3.23. The maximum atomic E-state index is 11.9. The monoisotopic (exact) mass is 307 g/mol. The van der Waals surface area contributed by atoms with E-state index in [1.165, 1.54) is 6.92 Å². The lowest BCUT2D eigenvalue weighted by Crippen LogP contribution is -2.46. The smallest absolute Gasteiger partial charge is 0.326 e. The number of urea groups is 1. The molecule has 1 aromatic carbocycles. The zero-order valence-electron chi connectivity index (χ0n) is 12.8. The molecule has 0 radical (unpaired) electrons. The van der Waals surface area contributed by atoms with E-state index < -0.39 is 18.0 Å². The van der Waals surface area contributed by atoms with E-state index in [-0.39, 0.29) is 11.8 Å². The summed E-state index contributed by atoms with van der Waals surface area (Å²) in [6, 6.07) is 4.98. The van der Waals surface area contributed by atoms with Crippen LogP contribution in [0.1, 0.15) is 27.2 Å². The highest BCUT2D eigenvalue weighted by Crippen LogP contribution is 2.14. The minimum absolute atomic E-state index is 0.176. The topological polar surface area (TPSA) is 108 Å². The molecule has 22 heavy (non-hydrogen) atoms. The maximum Gasteiger partial charge on any atom is 0.326 e. The second-order valence-electron chi connectivity index (χ2n) is 5.06. The number of amides is 3. The minimum atomic E-state index is -1.06. The predicted molar refractivity (Wildman–Crippen MR) is 83.8 cm³/mol. The number of hydrogen-bond acceptors (Lipinski definition) is 3. The van der Waals surface area contributed by atoms with Crippen LogP contribution in [0.2, 0.25) is 0 Å². The van der Waals surface area contributed by atoms with Gasteiger partial charge in [-0.25, -0.2) is 9.59 Å². The molecule has 0 aliphatic carbocycles. The van der Waals surface area contributed by atoms with Crippen LogP contribution in [0.3, 0.4) is 0 Å². The standard InChI is InChI=1S/C15H21N3O4/c1-4-9(2)13(14(20)21)18-15(22)17-12-7-5-11(6-8-12)16-10(3)19/h5-9,13H,4H2,1-3H3,(H,16,19)(H,20,21)(H2,17,18,22). The van der Waals surface area contributed by atoms with Gasteiger partial charge in [-0.1, -0.05) is 20.3 Å². The molecular formula is C15H21N3O4. The number of benzene rings is 1. The van der Waals surface area contributed by atoms with Crippen LogP contribution in [-0.2, 0) is 9.59 Å². The average molecular weight is 307 g/mol. The van der Waals surface area contributed by atoms with Crippen LogP contribution in [0, 0.1) is 5.92 Å². The van der Waals surface area contributed by atoms with Crippen LogP contribution < -0.4 is 16.0 Å². The minimum Gasteiger partial charge on any atom is -0.480 e. The summed E-state index contributed by atoms with van der Waals surface area (Å²) < 4.78 is 0. The van der Waals surface area contributed by atoms with Gasteiger partial charge >= 0.3 is 12.0 Å². The van der Waals surface area contributed by atoms with Crippen LogP contribution >= 0.6 is 0 Å². The van der Waals surface area contributed by atoms with Gasteiger partial charge in [0.25, 0.3) is 0 Å². The molecule has 0 heterocycles. The summed E-state index contributed by atoms with van der Waals surface area (Å²) in [6.07, 6.45) is 0.642. The molecule has 7 heteroatoms. The summed E-state index contributed by atoms with van der Waals surface area (Å²) in [6.45, 7) is 5.03. The Bertz CT molecular complexity index is 542. The molecular weight excluding hydrogens is 286 g/mol. The SMILES string of the molecule is CCC(C)C(NC(=O)Nc1ccc(NC(C)=O)cc1)C(=O)O. The molecule has 4 N–H and O–H groups in total. The molecule has 0 aliphatic rings. The number of aliphatic carboxylic acids is 1. The van der Waals surface area contributed by atoms with Gasteiger partial charge in [-0.2, -0.15) is 0 Å². The van der Waals surface area contributed by atoms with E-state index >= 15 is 0 Å². The summed E-state index contributed by atoms with van der Waals surface area (Å²) in [4.78, 5) is 33.9. The van der Waals surface area contributed by atoms with Crippen molar-refractivity contribution >= 4 is 29.3 Å². The third kappa shape index (κ3) is 5.43. The van der Waals surface area contributed by atoms with E-state index in [4.69, 9.17) is 5.11 Å². The number of anilines is 2. The summed E-state index contributed by atoms with van der Waals surface area (Å²) in [5.41, 5.74) is 1.11. The van der Waals surface area contributed by atoms with Crippen LogP contribution in [-0.4, -0.2) is 29.1 Å². The summed E-state index contributed by atoms with van der Waals surface area (Å²) in [5, 5.41) is 16.7.